The topological polar surface area (TPSA) is 57.5 Å². The van der Waals surface area contributed by atoms with Crippen LogP contribution in [0.15, 0.2) is 11.6 Å². The zero-order chi connectivity index (χ0) is 21.9. The molecule has 0 saturated carbocycles. The summed E-state index contributed by atoms with van der Waals surface area (Å²) < 4.78 is 0. The van der Waals surface area contributed by atoms with Gasteiger partial charge in [0, 0.05) is 0 Å². The van der Waals surface area contributed by atoms with Crippen LogP contribution in [0, 0.1) is 23.7 Å². The summed E-state index contributed by atoms with van der Waals surface area (Å²) in [5, 5.41) is 17.0. The Morgan fingerprint density at radius 1 is 0.857 bits per heavy atom. The lowest BCUT2D eigenvalue weighted by molar-refractivity contribution is -0.141. The predicted molar refractivity (Wildman–Crippen MR) is 123 cm³/mol. The average molecular weight is 399 g/mol. The minimum atomic E-state index is -0.706. The van der Waals surface area contributed by atoms with Gasteiger partial charge in [-0.05, 0) is 43.9 Å². The maximum absolute atomic E-state index is 9.93. The lowest BCUT2D eigenvalue weighted by atomic mass is 9.91. The average Bonchev–Trinajstić information content (AvgIpc) is 2.61. The number of hydrogen-bond donors (Lipinski definition) is 2. The summed E-state index contributed by atoms with van der Waals surface area (Å²) in [4.78, 5) is 9.93. The first kappa shape index (κ1) is 29.4. The van der Waals surface area contributed by atoms with Gasteiger partial charge in [-0.1, -0.05) is 98.1 Å². The van der Waals surface area contributed by atoms with Gasteiger partial charge in [0.25, 0.3) is 0 Å². The SMILES string of the molecule is C/C(=C\CO)CCCC(C)CCCC(C)CCCC(C)C.CCC(C)C(=O)O. The van der Waals surface area contributed by atoms with Crippen molar-refractivity contribution in [3.05, 3.63) is 11.6 Å². The summed E-state index contributed by atoms with van der Waals surface area (Å²) in [7, 11) is 0. The van der Waals surface area contributed by atoms with Gasteiger partial charge in [-0.25, -0.2) is 0 Å². The molecule has 0 radical (unpaired) electrons. The molecule has 0 aliphatic carbocycles. The summed E-state index contributed by atoms with van der Waals surface area (Å²) in [6.45, 7) is 15.3. The zero-order valence-corrected chi connectivity index (χ0v) is 20.0. The van der Waals surface area contributed by atoms with E-state index in [9.17, 15) is 4.79 Å². The van der Waals surface area contributed by atoms with Crippen molar-refractivity contribution in [2.45, 2.75) is 113 Å². The van der Waals surface area contributed by atoms with E-state index in [1.54, 1.807) is 6.92 Å². The molecule has 3 unspecified atom stereocenters. The van der Waals surface area contributed by atoms with Crippen molar-refractivity contribution in [2.75, 3.05) is 6.61 Å². The Morgan fingerprint density at radius 3 is 1.68 bits per heavy atom. The first-order valence-electron chi connectivity index (χ1n) is 11.6. The quantitative estimate of drug-likeness (QED) is 0.281. The molecule has 0 aromatic rings. The van der Waals surface area contributed by atoms with Crippen molar-refractivity contribution in [3.63, 3.8) is 0 Å². The minimum Gasteiger partial charge on any atom is -0.481 e. The number of rotatable bonds is 15. The van der Waals surface area contributed by atoms with Gasteiger partial charge in [0.1, 0.15) is 0 Å². The summed E-state index contributed by atoms with van der Waals surface area (Å²) in [6.07, 6.45) is 14.8. The van der Waals surface area contributed by atoms with Crippen molar-refractivity contribution < 1.29 is 15.0 Å². The number of carboxylic acids is 1. The van der Waals surface area contributed by atoms with Crippen LogP contribution in [0.25, 0.3) is 0 Å². The largest absolute Gasteiger partial charge is 0.481 e. The van der Waals surface area contributed by atoms with Gasteiger partial charge < -0.3 is 10.2 Å². The van der Waals surface area contributed by atoms with Crippen molar-refractivity contribution >= 4 is 5.97 Å². The summed E-state index contributed by atoms with van der Waals surface area (Å²) in [5.74, 6) is 1.74. The Hall–Kier alpha value is -0.830. The fourth-order valence-electron chi connectivity index (χ4n) is 3.14. The Balaban J connectivity index is 0. The Bertz CT molecular complexity index is 387. The lowest BCUT2D eigenvalue weighted by Gasteiger charge is -2.15. The van der Waals surface area contributed by atoms with Gasteiger partial charge in [0.05, 0.1) is 12.5 Å². The number of aliphatic hydroxyl groups is 1. The second-order valence-electron chi connectivity index (χ2n) is 9.24. The van der Waals surface area contributed by atoms with E-state index in [0.717, 1.165) is 30.6 Å². The molecule has 0 saturated heterocycles. The molecule has 3 atom stereocenters. The third kappa shape index (κ3) is 21.5. The van der Waals surface area contributed by atoms with Crippen molar-refractivity contribution in [1.29, 1.82) is 0 Å². The fraction of sp³-hybridized carbons (Fsp3) is 0.880. The highest BCUT2D eigenvalue weighted by molar-refractivity contribution is 5.69. The van der Waals surface area contributed by atoms with Gasteiger partial charge in [0.15, 0.2) is 0 Å². The third-order valence-corrected chi connectivity index (χ3v) is 5.61. The van der Waals surface area contributed by atoms with Crippen molar-refractivity contribution in [1.82, 2.24) is 0 Å². The molecule has 28 heavy (non-hydrogen) atoms. The number of aliphatic carboxylic acids is 1. The van der Waals surface area contributed by atoms with E-state index in [2.05, 4.69) is 34.6 Å². The molecule has 0 aromatic heterocycles. The maximum atomic E-state index is 9.93. The van der Waals surface area contributed by atoms with Gasteiger partial charge in [0.2, 0.25) is 0 Å². The van der Waals surface area contributed by atoms with Gasteiger partial charge in [-0.15, -0.1) is 0 Å². The summed E-state index contributed by atoms with van der Waals surface area (Å²) in [6, 6.07) is 0. The Morgan fingerprint density at radius 2 is 1.32 bits per heavy atom. The predicted octanol–water partition coefficient (Wildman–Crippen LogP) is 7.48. The highest BCUT2D eigenvalue weighted by atomic mass is 16.4. The molecule has 0 rings (SSSR count). The number of allylic oxidation sites excluding steroid dienone is 1. The van der Waals surface area contributed by atoms with E-state index in [1.807, 2.05) is 13.0 Å². The normalized spacial score (nSPS) is 15.0. The molecule has 0 aliphatic heterocycles. The Kier molecular flexibility index (Phi) is 20.4. The van der Waals surface area contributed by atoms with Crippen molar-refractivity contribution in [3.8, 4) is 0 Å². The molecule has 3 nitrogen and oxygen atoms in total. The maximum Gasteiger partial charge on any atom is 0.306 e. The van der Waals surface area contributed by atoms with E-state index in [0.29, 0.717) is 0 Å². The smallest absolute Gasteiger partial charge is 0.306 e. The molecule has 0 fully saturated rings. The zero-order valence-electron chi connectivity index (χ0n) is 20.0. The van der Waals surface area contributed by atoms with Crippen LogP contribution in [-0.4, -0.2) is 22.8 Å². The fourth-order valence-corrected chi connectivity index (χ4v) is 3.14. The minimum absolute atomic E-state index is 0.181. The number of hydrogen-bond acceptors (Lipinski definition) is 2. The van der Waals surface area contributed by atoms with Crippen LogP contribution < -0.4 is 0 Å². The molecule has 168 valence electrons. The van der Waals surface area contributed by atoms with E-state index in [4.69, 9.17) is 10.2 Å². The number of carboxylic acid groups (broad SMARTS) is 1. The molecule has 0 bridgehead atoms. The molecular formula is C25H50O3. The summed E-state index contributed by atoms with van der Waals surface area (Å²) >= 11 is 0. The van der Waals surface area contributed by atoms with Crippen LogP contribution >= 0.6 is 0 Å². The van der Waals surface area contributed by atoms with Crippen LogP contribution in [0.1, 0.15) is 113 Å². The van der Waals surface area contributed by atoms with Gasteiger partial charge in [-0.3, -0.25) is 4.79 Å². The molecule has 0 aromatic carbocycles. The van der Waals surface area contributed by atoms with Gasteiger partial charge in [-0.2, -0.15) is 0 Å². The highest BCUT2D eigenvalue weighted by Crippen LogP contribution is 2.21. The molecule has 2 N–H and O–H groups in total. The molecule has 0 spiro atoms. The van der Waals surface area contributed by atoms with E-state index >= 15 is 0 Å². The van der Waals surface area contributed by atoms with Gasteiger partial charge >= 0.3 is 5.97 Å². The third-order valence-electron chi connectivity index (χ3n) is 5.61. The van der Waals surface area contributed by atoms with Crippen LogP contribution in [-0.2, 0) is 4.79 Å². The second-order valence-corrected chi connectivity index (χ2v) is 9.24. The van der Waals surface area contributed by atoms with E-state index in [-0.39, 0.29) is 12.5 Å². The van der Waals surface area contributed by atoms with E-state index < -0.39 is 5.97 Å². The second kappa shape index (κ2) is 19.5. The van der Waals surface area contributed by atoms with Crippen LogP contribution in [0.4, 0.5) is 0 Å². The molecular weight excluding hydrogens is 348 g/mol. The van der Waals surface area contributed by atoms with Crippen LogP contribution in [0.2, 0.25) is 0 Å². The molecule has 0 amide bonds. The monoisotopic (exact) mass is 398 g/mol. The van der Waals surface area contributed by atoms with Crippen LogP contribution in [0.5, 0.6) is 0 Å². The standard InChI is InChI=1S/C20H40O.C5H10O2/c1-17(2)9-6-10-18(3)11-7-12-19(4)13-8-14-20(5)15-16-21;1-3-4(2)5(6)7/h15,17-19,21H,6-14,16H2,1-5H3;4H,3H2,1-2H3,(H,6,7)/b20-15+;. The first-order chi connectivity index (χ1) is 13.1. The molecule has 3 heteroatoms. The molecule has 0 aliphatic rings. The highest BCUT2D eigenvalue weighted by Gasteiger charge is 2.07. The van der Waals surface area contributed by atoms with Crippen LogP contribution in [0.3, 0.4) is 0 Å². The lowest BCUT2D eigenvalue weighted by Crippen LogP contribution is -2.06. The Labute approximate surface area is 176 Å². The first-order valence-corrected chi connectivity index (χ1v) is 11.6. The van der Waals surface area contributed by atoms with Crippen molar-refractivity contribution in [2.24, 2.45) is 23.7 Å². The number of aliphatic hydroxyl groups excluding tert-OH is 1. The summed E-state index contributed by atoms with van der Waals surface area (Å²) in [5.41, 5.74) is 1.34. The van der Waals surface area contributed by atoms with E-state index in [1.165, 1.54) is 56.9 Å². The number of carbonyl (C=O) groups is 1. The molecule has 0 heterocycles.